The van der Waals surface area contributed by atoms with Gasteiger partial charge in [-0.05, 0) is 25.0 Å². The molecule has 0 aromatic carbocycles. The van der Waals surface area contributed by atoms with E-state index < -0.39 is 0 Å². The Morgan fingerprint density at radius 3 is 2.22 bits per heavy atom. The smallest absolute Gasteiger partial charge is 0.270 e. The summed E-state index contributed by atoms with van der Waals surface area (Å²) in [7, 11) is 1.68. The SMILES string of the molecule is CCCCCCCCCCCCN1C(=O)/C(=C/c2c(C)c(C#N)c(=O)n(C)c2N2CCOCC2)SC1=S. The highest BCUT2D eigenvalue weighted by molar-refractivity contribution is 8.26. The first kappa shape index (κ1) is 29.4. The summed E-state index contributed by atoms with van der Waals surface area (Å²) in [6.07, 6.45) is 14.2. The van der Waals surface area contributed by atoms with Gasteiger partial charge in [0.25, 0.3) is 11.5 Å². The molecule has 0 bridgehead atoms. The van der Waals surface area contributed by atoms with Crippen molar-refractivity contribution < 1.29 is 9.53 Å². The Morgan fingerprint density at radius 2 is 1.62 bits per heavy atom. The predicted molar refractivity (Wildman–Crippen MR) is 156 cm³/mol. The monoisotopic (exact) mass is 544 g/mol. The maximum absolute atomic E-state index is 13.3. The van der Waals surface area contributed by atoms with Gasteiger partial charge in [-0.2, -0.15) is 5.26 Å². The summed E-state index contributed by atoms with van der Waals surface area (Å²) in [6, 6.07) is 2.06. The van der Waals surface area contributed by atoms with E-state index in [1.165, 1.54) is 67.7 Å². The van der Waals surface area contributed by atoms with Crippen molar-refractivity contribution in [2.45, 2.75) is 78.1 Å². The molecular weight excluding hydrogens is 504 g/mol. The Kier molecular flexibility index (Phi) is 11.7. The zero-order valence-corrected chi connectivity index (χ0v) is 24.1. The van der Waals surface area contributed by atoms with Crippen LogP contribution < -0.4 is 10.5 Å². The topological polar surface area (TPSA) is 78.6 Å². The lowest BCUT2D eigenvalue weighted by Gasteiger charge is -2.32. The molecule has 9 heteroatoms. The van der Waals surface area contributed by atoms with Gasteiger partial charge >= 0.3 is 0 Å². The fourth-order valence-corrected chi connectivity index (χ4v) is 6.24. The largest absolute Gasteiger partial charge is 0.378 e. The lowest BCUT2D eigenvalue weighted by atomic mass is 10.0. The highest BCUT2D eigenvalue weighted by atomic mass is 32.2. The van der Waals surface area contributed by atoms with E-state index in [2.05, 4.69) is 17.9 Å². The van der Waals surface area contributed by atoms with E-state index in [1.54, 1.807) is 18.9 Å². The predicted octanol–water partition coefficient (Wildman–Crippen LogP) is 5.52. The van der Waals surface area contributed by atoms with Crippen molar-refractivity contribution in [1.82, 2.24) is 9.47 Å². The summed E-state index contributed by atoms with van der Waals surface area (Å²) >= 11 is 6.86. The number of anilines is 1. The van der Waals surface area contributed by atoms with Crippen molar-refractivity contribution in [3.05, 3.63) is 31.9 Å². The minimum absolute atomic E-state index is 0.0920. The summed E-state index contributed by atoms with van der Waals surface area (Å²) in [5.41, 5.74) is 1.09. The van der Waals surface area contributed by atoms with Gasteiger partial charge in [0.2, 0.25) is 0 Å². The van der Waals surface area contributed by atoms with Gasteiger partial charge in [-0.15, -0.1) is 0 Å². The molecule has 1 amide bonds. The Hall–Kier alpha value is -2.15. The maximum atomic E-state index is 13.3. The molecule has 7 nitrogen and oxygen atoms in total. The van der Waals surface area contributed by atoms with Gasteiger partial charge in [-0.3, -0.25) is 19.1 Å². The molecule has 2 fully saturated rings. The first-order chi connectivity index (χ1) is 17.9. The van der Waals surface area contributed by atoms with E-state index in [0.29, 0.717) is 53.5 Å². The molecule has 0 spiro atoms. The number of amides is 1. The van der Waals surface area contributed by atoms with Gasteiger partial charge in [0.1, 0.15) is 21.8 Å². The number of morpholine rings is 1. The van der Waals surface area contributed by atoms with Gasteiger partial charge in [0, 0.05) is 32.2 Å². The van der Waals surface area contributed by atoms with Crippen LogP contribution in [0.15, 0.2) is 9.70 Å². The molecule has 2 aliphatic rings. The minimum atomic E-state index is -0.327. The van der Waals surface area contributed by atoms with Gasteiger partial charge < -0.3 is 9.64 Å². The number of hydrogen-bond donors (Lipinski definition) is 0. The van der Waals surface area contributed by atoms with Crippen LogP contribution in [-0.2, 0) is 16.6 Å². The Bertz CT molecular complexity index is 1100. The van der Waals surface area contributed by atoms with Crippen molar-refractivity contribution in [2.75, 3.05) is 37.7 Å². The number of thioether (sulfide) groups is 1. The van der Waals surface area contributed by atoms with Crippen LogP contribution in [0.5, 0.6) is 0 Å². The molecule has 202 valence electrons. The second kappa shape index (κ2) is 14.7. The number of rotatable bonds is 13. The normalized spacial score (nSPS) is 17.2. The number of ether oxygens (including phenoxy) is 1. The molecular formula is C28H40N4O3S2. The Morgan fingerprint density at radius 1 is 1.03 bits per heavy atom. The van der Waals surface area contributed by atoms with Crippen LogP contribution in [0, 0.1) is 18.3 Å². The molecule has 3 rings (SSSR count). The molecule has 0 radical (unpaired) electrons. The van der Waals surface area contributed by atoms with Gasteiger partial charge in [0.05, 0.1) is 18.1 Å². The Labute approximate surface area is 230 Å². The van der Waals surface area contributed by atoms with E-state index >= 15 is 0 Å². The van der Waals surface area contributed by atoms with Crippen molar-refractivity contribution in [2.24, 2.45) is 7.05 Å². The molecule has 0 saturated carbocycles. The quantitative estimate of drug-likeness (QED) is 0.184. The third kappa shape index (κ3) is 7.46. The summed E-state index contributed by atoms with van der Waals surface area (Å²) in [4.78, 5) is 30.5. The third-order valence-corrected chi connectivity index (χ3v) is 8.54. The molecule has 37 heavy (non-hydrogen) atoms. The van der Waals surface area contributed by atoms with Crippen LogP contribution in [0.3, 0.4) is 0 Å². The van der Waals surface area contributed by atoms with E-state index in [1.807, 2.05) is 6.08 Å². The highest BCUT2D eigenvalue weighted by Gasteiger charge is 2.33. The first-order valence-electron chi connectivity index (χ1n) is 13.6. The van der Waals surface area contributed by atoms with Crippen LogP contribution >= 0.6 is 24.0 Å². The zero-order valence-electron chi connectivity index (χ0n) is 22.5. The zero-order chi connectivity index (χ0) is 26.8. The lowest BCUT2D eigenvalue weighted by molar-refractivity contribution is -0.122. The van der Waals surface area contributed by atoms with Crippen LogP contribution in [-0.4, -0.2) is 52.5 Å². The molecule has 2 saturated heterocycles. The first-order valence-corrected chi connectivity index (χ1v) is 14.8. The number of hydrogen-bond acceptors (Lipinski definition) is 7. The summed E-state index contributed by atoms with van der Waals surface area (Å²) < 4.78 is 7.59. The molecule has 0 N–H and O–H groups in total. The number of nitriles is 1. The van der Waals surface area contributed by atoms with Crippen LogP contribution in [0.2, 0.25) is 0 Å². The molecule has 0 atom stereocenters. The fourth-order valence-electron chi connectivity index (χ4n) is 4.95. The van der Waals surface area contributed by atoms with Crippen LogP contribution in [0.25, 0.3) is 6.08 Å². The van der Waals surface area contributed by atoms with Crippen molar-refractivity contribution in [3.8, 4) is 6.07 Å². The second-order valence-electron chi connectivity index (χ2n) is 9.83. The van der Waals surface area contributed by atoms with Gasteiger partial charge in [-0.25, -0.2) is 0 Å². The molecule has 0 aliphatic carbocycles. The number of nitrogens with zero attached hydrogens (tertiary/aromatic N) is 4. The molecule has 1 aromatic rings. The van der Waals surface area contributed by atoms with Crippen molar-refractivity contribution in [3.63, 3.8) is 0 Å². The summed E-state index contributed by atoms with van der Waals surface area (Å²) in [5.74, 6) is 0.621. The van der Waals surface area contributed by atoms with Crippen molar-refractivity contribution in [1.29, 1.82) is 5.26 Å². The highest BCUT2D eigenvalue weighted by Crippen LogP contribution is 2.36. The van der Waals surface area contributed by atoms with Gasteiger partial charge in [-0.1, -0.05) is 88.7 Å². The third-order valence-electron chi connectivity index (χ3n) is 7.16. The fraction of sp³-hybridized carbons (Fsp3) is 0.643. The number of carbonyl (C=O) groups excluding carboxylic acids is 1. The van der Waals surface area contributed by atoms with E-state index in [0.717, 1.165) is 18.4 Å². The number of pyridine rings is 1. The molecule has 1 aromatic heterocycles. The maximum Gasteiger partial charge on any atom is 0.270 e. The molecule has 3 heterocycles. The lowest BCUT2D eigenvalue weighted by Crippen LogP contribution is -2.40. The Balaban J connectivity index is 1.68. The number of aromatic nitrogens is 1. The molecule has 0 unspecified atom stereocenters. The average Bonchev–Trinajstić information content (AvgIpc) is 3.16. The van der Waals surface area contributed by atoms with Crippen LogP contribution in [0.1, 0.15) is 87.8 Å². The summed E-state index contributed by atoms with van der Waals surface area (Å²) in [5, 5.41) is 9.65. The number of thiocarbonyl (C=S) groups is 1. The second-order valence-corrected chi connectivity index (χ2v) is 11.5. The number of unbranched alkanes of at least 4 members (excludes halogenated alkanes) is 9. The standard InChI is InChI=1S/C28H40N4O3S2/c1-4-5-6-7-8-9-10-11-12-13-14-32-27(34)24(37-28(32)36)19-22-21(2)23(20-29)26(33)30(3)25(22)31-15-17-35-18-16-31/h19H,4-18H2,1-3H3/b24-19-. The average molecular weight is 545 g/mol. The number of carbonyl (C=O) groups is 1. The van der Waals surface area contributed by atoms with Gasteiger partial charge in [0.15, 0.2) is 0 Å². The summed E-state index contributed by atoms with van der Waals surface area (Å²) in [6.45, 7) is 7.05. The van der Waals surface area contributed by atoms with Crippen LogP contribution in [0.4, 0.5) is 5.82 Å². The van der Waals surface area contributed by atoms with E-state index in [4.69, 9.17) is 17.0 Å². The molecule has 2 aliphatic heterocycles. The van der Waals surface area contributed by atoms with E-state index in [-0.39, 0.29) is 17.0 Å². The van der Waals surface area contributed by atoms with Crippen molar-refractivity contribution >= 4 is 46.1 Å². The van der Waals surface area contributed by atoms with E-state index in [9.17, 15) is 14.9 Å². The minimum Gasteiger partial charge on any atom is -0.378 e.